The smallest absolute Gasteiger partial charge is 0.255 e. The number of halogens is 3. The highest BCUT2D eigenvalue weighted by Gasteiger charge is 2.53. The van der Waals surface area contributed by atoms with Crippen molar-refractivity contribution in [3.05, 3.63) is 58.6 Å². The fourth-order valence-corrected chi connectivity index (χ4v) is 7.29. The van der Waals surface area contributed by atoms with E-state index in [1.165, 1.54) is 18.2 Å². The molecule has 2 aliphatic carbocycles. The molecular weight excluding hydrogens is 448 g/mol. The van der Waals surface area contributed by atoms with Gasteiger partial charge in [-0.3, -0.25) is 4.79 Å². The molecule has 0 aliphatic heterocycles. The summed E-state index contributed by atoms with van der Waals surface area (Å²) in [5, 5.41) is 12.3. The van der Waals surface area contributed by atoms with Crippen LogP contribution in [0.3, 0.4) is 0 Å². The average molecular weight is 470 g/mol. The zero-order valence-electron chi connectivity index (χ0n) is 16.7. The van der Waals surface area contributed by atoms with Gasteiger partial charge >= 0.3 is 0 Å². The molecule has 2 unspecified atom stereocenters. The van der Waals surface area contributed by atoms with Gasteiger partial charge in [-0.25, -0.2) is 17.2 Å². The molecule has 2 bridgehead atoms. The number of hydrogen-bond acceptors (Lipinski definition) is 4. The Morgan fingerprint density at radius 1 is 1.10 bits per heavy atom. The van der Waals surface area contributed by atoms with E-state index in [-0.39, 0.29) is 33.0 Å². The average Bonchev–Trinajstić information content (AvgIpc) is 2.84. The number of fused-ring (bicyclic) bond motifs is 2. The Bertz CT molecular complexity index is 1120. The number of rotatable bonds is 4. The van der Waals surface area contributed by atoms with E-state index < -0.39 is 38.2 Å². The van der Waals surface area contributed by atoms with Crippen molar-refractivity contribution in [3.8, 4) is 0 Å². The number of sulfone groups is 1. The molecule has 0 heterocycles. The van der Waals surface area contributed by atoms with Crippen LogP contribution in [-0.4, -0.2) is 30.3 Å². The summed E-state index contributed by atoms with van der Waals surface area (Å²) in [4.78, 5) is 12.4. The number of benzene rings is 2. The third-order valence-electron chi connectivity index (χ3n) is 6.67. The minimum Gasteiger partial charge on any atom is -0.390 e. The second-order valence-electron chi connectivity index (χ2n) is 8.59. The largest absolute Gasteiger partial charge is 0.390 e. The molecule has 0 aromatic heterocycles. The molecule has 0 spiro atoms. The Balaban J connectivity index is 1.61. The van der Waals surface area contributed by atoms with Gasteiger partial charge in [-0.05, 0) is 74.8 Å². The zero-order valence-corrected chi connectivity index (χ0v) is 18.3. The van der Waals surface area contributed by atoms with Gasteiger partial charge in [0.25, 0.3) is 5.91 Å². The van der Waals surface area contributed by atoms with Gasteiger partial charge in [0.2, 0.25) is 0 Å². The van der Waals surface area contributed by atoms with Crippen LogP contribution in [0, 0.1) is 23.5 Å². The van der Waals surface area contributed by atoms with Crippen molar-refractivity contribution in [2.24, 2.45) is 11.8 Å². The highest BCUT2D eigenvalue weighted by Crippen LogP contribution is 2.51. The van der Waals surface area contributed by atoms with Crippen molar-refractivity contribution in [1.82, 2.24) is 0 Å². The van der Waals surface area contributed by atoms with Crippen LogP contribution in [0.5, 0.6) is 0 Å². The predicted octanol–water partition coefficient (Wildman–Crippen LogP) is 4.58. The van der Waals surface area contributed by atoms with E-state index in [1.807, 2.05) is 0 Å². The maximum absolute atomic E-state index is 13.4. The number of amides is 1. The normalized spacial score (nSPS) is 27.8. The van der Waals surface area contributed by atoms with Gasteiger partial charge in [-0.15, -0.1) is 0 Å². The molecular formula is C22H22ClF2NO4S. The van der Waals surface area contributed by atoms with Crippen molar-refractivity contribution in [3.63, 3.8) is 0 Å². The first kappa shape index (κ1) is 22.2. The van der Waals surface area contributed by atoms with Crippen molar-refractivity contribution < 1.29 is 27.1 Å². The van der Waals surface area contributed by atoms with Crippen LogP contribution in [-0.2, 0) is 9.84 Å². The zero-order chi connectivity index (χ0) is 22.6. The Hall–Kier alpha value is -2.03. The molecule has 4 atom stereocenters. The van der Waals surface area contributed by atoms with E-state index in [0.29, 0.717) is 18.9 Å². The molecule has 9 heteroatoms. The minimum atomic E-state index is -3.85. The van der Waals surface area contributed by atoms with Crippen LogP contribution >= 0.6 is 11.6 Å². The van der Waals surface area contributed by atoms with E-state index in [4.69, 9.17) is 11.6 Å². The van der Waals surface area contributed by atoms with Crippen LogP contribution in [0.4, 0.5) is 14.5 Å². The van der Waals surface area contributed by atoms with Gasteiger partial charge in [0, 0.05) is 17.3 Å². The maximum Gasteiger partial charge on any atom is 0.255 e. The molecule has 166 valence electrons. The molecule has 5 nitrogen and oxygen atoms in total. The van der Waals surface area contributed by atoms with Crippen LogP contribution < -0.4 is 5.32 Å². The maximum atomic E-state index is 13.4. The second kappa shape index (κ2) is 7.83. The summed E-state index contributed by atoms with van der Waals surface area (Å²) < 4.78 is 53.5. The minimum absolute atomic E-state index is 0.00146. The van der Waals surface area contributed by atoms with E-state index in [2.05, 4.69) is 5.32 Å². The Morgan fingerprint density at radius 2 is 1.68 bits per heavy atom. The second-order valence-corrected chi connectivity index (χ2v) is 11.2. The van der Waals surface area contributed by atoms with Crippen molar-refractivity contribution >= 4 is 33.0 Å². The Labute approximate surface area is 184 Å². The van der Waals surface area contributed by atoms with Crippen molar-refractivity contribution in [2.45, 2.75) is 48.4 Å². The van der Waals surface area contributed by atoms with E-state index >= 15 is 0 Å². The Morgan fingerprint density at radius 3 is 2.26 bits per heavy atom. The summed E-state index contributed by atoms with van der Waals surface area (Å²) in [6.45, 7) is 1.77. The van der Waals surface area contributed by atoms with Crippen LogP contribution in [0.2, 0.25) is 5.02 Å². The number of carbonyl (C=O) groups is 1. The van der Waals surface area contributed by atoms with E-state index in [1.54, 1.807) is 6.92 Å². The lowest BCUT2D eigenvalue weighted by Crippen LogP contribution is -2.45. The summed E-state index contributed by atoms with van der Waals surface area (Å²) in [6.07, 6.45) is 2.23. The van der Waals surface area contributed by atoms with Crippen molar-refractivity contribution in [2.75, 3.05) is 5.32 Å². The predicted molar refractivity (Wildman–Crippen MR) is 113 cm³/mol. The summed E-state index contributed by atoms with van der Waals surface area (Å²) in [5.74, 6) is -2.61. The number of hydrogen-bond donors (Lipinski definition) is 2. The molecule has 0 saturated heterocycles. The molecule has 2 aromatic carbocycles. The lowest BCUT2D eigenvalue weighted by Gasteiger charge is -2.40. The number of carbonyl (C=O) groups excluding carboxylic acids is 1. The molecule has 2 aromatic rings. The summed E-state index contributed by atoms with van der Waals surface area (Å²) in [5.41, 5.74) is -0.955. The molecule has 1 amide bonds. The third kappa shape index (κ3) is 4.08. The highest BCUT2D eigenvalue weighted by molar-refractivity contribution is 7.92. The molecule has 2 fully saturated rings. The highest BCUT2D eigenvalue weighted by atomic mass is 35.5. The molecule has 0 radical (unpaired) electrons. The van der Waals surface area contributed by atoms with Gasteiger partial charge in [0.15, 0.2) is 9.84 Å². The number of aliphatic hydroxyl groups is 1. The summed E-state index contributed by atoms with van der Waals surface area (Å²) >= 11 is 6.19. The fraction of sp³-hybridized carbons (Fsp3) is 0.409. The molecule has 4 rings (SSSR count). The molecule has 2 N–H and O–H groups in total. The molecule has 2 aliphatic rings. The van der Waals surface area contributed by atoms with Gasteiger partial charge in [-0.1, -0.05) is 11.6 Å². The first-order chi connectivity index (χ1) is 14.5. The van der Waals surface area contributed by atoms with Gasteiger partial charge in [-0.2, -0.15) is 0 Å². The third-order valence-corrected chi connectivity index (χ3v) is 9.33. The van der Waals surface area contributed by atoms with Crippen LogP contribution in [0.25, 0.3) is 0 Å². The number of nitrogens with one attached hydrogen (secondary N) is 1. The van der Waals surface area contributed by atoms with Crippen molar-refractivity contribution in [1.29, 1.82) is 0 Å². The standard InChI is InChI=1S/C22H22ClF2NO4S/c1-22(28)13-3-4-14(22)8-18(7-13)31(29,30)20-6-12(2-5-19(20)23)21(27)26-17-10-15(24)9-16(25)11-17/h2,5-6,9-11,13-14,18,28H,3-4,7-8H2,1H3,(H,26,27)/t13-,14?,18?,22-/m0/s1. The lowest BCUT2D eigenvalue weighted by atomic mass is 9.76. The quantitative estimate of drug-likeness (QED) is 0.686. The Kier molecular flexibility index (Phi) is 5.60. The topological polar surface area (TPSA) is 83.5 Å². The van der Waals surface area contributed by atoms with Gasteiger partial charge in [0.05, 0.1) is 20.8 Å². The van der Waals surface area contributed by atoms with E-state index in [9.17, 15) is 27.1 Å². The number of anilines is 1. The fourth-order valence-electron chi connectivity index (χ4n) is 4.89. The van der Waals surface area contributed by atoms with Crippen LogP contribution in [0.15, 0.2) is 41.3 Å². The summed E-state index contributed by atoms with van der Waals surface area (Å²) in [6, 6.07) is 6.45. The summed E-state index contributed by atoms with van der Waals surface area (Å²) in [7, 11) is -3.85. The van der Waals surface area contributed by atoms with Gasteiger partial charge in [0.1, 0.15) is 11.6 Å². The molecule has 31 heavy (non-hydrogen) atoms. The first-order valence-electron chi connectivity index (χ1n) is 10.0. The van der Waals surface area contributed by atoms with E-state index in [0.717, 1.165) is 25.0 Å². The van der Waals surface area contributed by atoms with Crippen LogP contribution in [0.1, 0.15) is 43.0 Å². The SMILES string of the molecule is C[C@@]1(O)C2CC[C@H]1CC(S(=O)(=O)c1cc(C(=O)Nc3cc(F)cc(F)c3)ccc1Cl)C2. The van der Waals surface area contributed by atoms with Gasteiger partial charge < -0.3 is 10.4 Å². The molecule has 2 saturated carbocycles. The monoisotopic (exact) mass is 469 g/mol. The first-order valence-corrected chi connectivity index (χ1v) is 11.9. The lowest BCUT2D eigenvalue weighted by molar-refractivity contribution is -0.0413.